The highest BCUT2D eigenvalue weighted by Gasteiger charge is 2.16. The summed E-state index contributed by atoms with van der Waals surface area (Å²) in [7, 11) is 0. The van der Waals surface area contributed by atoms with Crippen molar-refractivity contribution >= 4 is 34.0 Å². The van der Waals surface area contributed by atoms with Crippen LogP contribution < -0.4 is 11.5 Å². The Labute approximate surface area is 158 Å². The smallest absolute Gasteiger partial charge is 0.152 e. The number of pyridine rings is 1. The number of rotatable bonds is 6. The van der Waals surface area contributed by atoms with E-state index in [1.807, 2.05) is 30.6 Å². The van der Waals surface area contributed by atoms with Crippen LogP contribution in [-0.2, 0) is 13.0 Å². The number of para-hydroxylation sites is 1. The molecule has 7 nitrogen and oxygen atoms in total. The normalized spacial score (nSPS) is 14.3. The van der Waals surface area contributed by atoms with Gasteiger partial charge in [-0.1, -0.05) is 25.1 Å². The van der Waals surface area contributed by atoms with E-state index in [1.165, 1.54) is 0 Å². The van der Waals surface area contributed by atoms with Gasteiger partial charge in [0, 0.05) is 37.3 Å². The zero-order valence-corrected chi connectivity index (χ0v) is 15.6. The first kappa shape index (κ1) is 17.3. The summed E-state index contributed by atoms with van der Waals surface area (Å²) in [5.74, 6) is 2.14. The number of aliphatic imine (C=N–C) groups is 1. The Morgan fingerprint density at radius 3 is 2.70 bits per heavy atom. The second-order valence-electron chi connectivity index (χ2n) is 6.81. The highest BCUT2D eigenvalue weighted by Crippen LogP contribution is 2.29. The molecule has 0 saturated heterocycles. The molecule has 0 amide bonds. The molecule has 140 valence electrons. The van der Waals surface area contributed by atoms with Gasteiger partial charge in [-0.3, -0.25) is 0 Å². The Kier molecular flexibility index (Phi) is 4.66. The molecule has 0 aliphatic carbocycles. The van der Waals surface area contributed by atoms with Crippen LogP contribution in [0.5, 0.6) is 0 Å². The fraction of sp³-hybridized carbons (Fsp3) is 0.350. The molecule has 0 atom stereocenters. The van der Waals surface area contributed by atoms with Gasteiger partial charge in [-0.2, -0.15) is 0 Å². The van der Waals surface area contributed by atoms with Crippen LogP contribution in [0.4, 0.5) is 5.82 Å². The summed E-state index contributed by atoms with van der Waals surface area (Å²) in [5, 5.41) is 1.11. The number of fused-ring (bicyclic) bond motifs is 3. The van der Waals surface area contributed by atoms with Crippen molar-refractivity contribution in [3.8, 4) is 0 Å². The van der Waals surface area contributed by atoms with Crippen LogP contribution in [0, 0.1) is 0 Å². The molecule has 0 saturated carbocycles. The van der Waals surface area contributed by atoms with E-state index in [1.54, 1.807) is 0 Å². The van der Waals surface area contributed by atoms with Crippen molar-refractivity contribution in [2.75, 3.05) is 18.8 Å². The average molecular weight is 363 g/mol. The average Bonchev–Trinajstić information content (AvgIpc) is 3.05. The van der Waals surface area contributed by atoms with Gasteiger partial charge >= 0.3 is 0 Å². The van der Waals surface area contributed by atoms with E-state index in [0.29, 0.717) is 11.6 Å². The summed E-state index contributed by atoms with van der Waals surface area (Å²) in [5.41, 5.74) is 14.8. The number of aromatic nitrogens is 3. The Morgan fingerprint density at radius 1 is 1.07 bits per heavy atom. The third-order valence-electron chi connectivity index (χ3n) is 4.95. The lowest BCUT2D eigenvalue weighted by Gasteiger charge is -2.21. The Morgan fingerprint density at radius 2 is 1.89 bits per heavy atom. The summed E-state index contributed by atoms with van der Waals surface area (Å²) in [6.07, 6.45) is 6.76. The third-order valence-corrected chi connectivity index (χ3v) is 4.95. The minimum Gasteiger partial charge on any atom is -0.383 e. The van der Waals surface area contributed by atoms with Gasteiger partial charge in [-0.15, -0.1) is 0 Å². The molecule has 2 aromatic heterocycles. The van der Waals surface area contributed by atoms with E-state index in [0.717, 1.165) is 66.7 Å². The molecule has 0 fully saturated rings. The van der Waals surface area contributed by atoms with Gasteiger partial charge < -0.3 is 20.9 Å². The van der Waals surface area contributed by atoms with Crippen LogP contribution in [0.1, 0.15) is 25.6 Å². The van der Waals surface area contributed by atoms with E-state index in [4.69, 9.17) is 16.5 Å². The predicted octanol–water partition coefficient (Wildman–Crippen LogP) is 2.65. The predicted molar refractivity (Wildman–Crippen MR) is 110 cm³/mol. The van der Waals surface area contributed by atoms with Crippen molar-refractivity contribution in [3.05, 3.63) is 42.1 Å². The second kappa shape index (κ2) is 7.26. The number of unbranched alkanes of at least 4 members (excludes halogenated alkanes) is 1. The number of aryl methyl sites for hydroxylation is 2. The van der Waals surface area contributed by atoms with E-state index < -0.39 is 0 Å². The van der Waals surface area contributed by atoms with Gasteiger partial charge in [0.1, 0.15) is 17.2 Å². The number of anilines is 1. The zero-order valence-electron chi connectivity index (χ0n) is 15.6. The molecule has 3 heterocycles. The van der Waals surface area contributed by atoms with Crippen molar-refractivity contribution < 1.29 is 0 Å². The number of imidazole rings is 1. The van der Waals surface area contributed by atoms with Gasteiger partial charge in [0.25, 0.3) is 0 Å². The van der Waals surface area contributed by atoms with Crippen LogP contribution in [0.15, 0.2) is 41.3 Å². The molecular weight excluding hydrogens is 338 g/mol. The maximum atomic E-state index is 6.20. The molecule has 1 aliphatic heterocycles. The molecule has 3 aromatic rings. The summed E-state index contributed by atoms with van der Waals surface area (Å²) in [6.45, 7) is 4.82. The second-order valence-corrected chi connectivity index (χ2v) is 6.81. The first-order valence-electron chi connectivity index (χ1n) is 9.44. The van der Waals surface area contributed by atoms with Crippen LogP contribution in [0.25, 0.3) is 21.9 Å². The quantitative estimate of drug-likeness (QED) is 0.656. The van der Waals surface area contributed by atoms with Gasteiger partial charge in [-0.25, -0.2) is 15.0 Å². The fourth-order valence-electron chi connectivity index (χ4n) is 3.68. The monoisotopic (exact) mass is 363 g/mol. The maximum Gasteiger partial charge on any atom is 0.152 e. The lowest BCUT2D eigenvalue weighted by molar-refractivity contribution is 0.397. The highest BCUT2D eigenvalue weighted by molar-refractivity contribution is 6.06. The minimum absolute atomic E-state index is 0.505. The molecule has 1 aliphatic rings. The van der Waals surface area contributed by atoms with Crippen molar-refractivity contribution in [1.82, 2.24) is 19.4 Å². The van der Waals surface area contributed by atoms with Crippen molar-refractivity contribution in [2.24, 2.45) is 10.7 Å². The molecule has 1 aromatic carbocycles. The van der Waals surface area contributed by atoms with Crippen LogP contribution >= 0.6 is 0 Å². The Hall–Kier alpha value is -3.09. The van der Waals surface area contributed by atoms with Crippen molar-refractivity contribution in [3.63, 3.8) is 0 Å². The summed E-state index contributed by atoms with van der Waals surface area (Å²) >= 11 is 0. The van der Waals surface area contributed by atoms with Crippen LogP contribution in [0.2, 0.25) is 0 Å². The molecule has 0 bridgehead atoms. The van der Waals surface area contributed by atoms with E-state index in [-0.39, 0.29) is 0 Å². The van der Waals surface area contributed by atoms with Gasteiger partial charge in [0.2, 0.25) is 0 Å². The number of nitrogen functional groups attached to an aromatic ring is 1. The van der Waals surface area contributed by atoms with Gasteiger partial charge in [-0.05, 0) is 18.9 Å². The summed E-state index contributed by atoms with van der Waals surface area (Å²) < 4.78 is 2.32. The molecular formula is C20H25N7. The lowest BCUT2D eigenvalue weighted by atomic mass is 10.2. The molecule has 27 heavy (non-hydrogen) atoms. The number of nitrogens with zero attached hydrogens (tertiary/aromatic N) is 5. The summed E-state index contributed by atoms with van der Waals surface area (Å²) in [4.78, 5) is 15.6. The number of benzene rings is 1. The molecule has 0 unspecified atom stereocenters. The molecule has 4 rings (SSSR count). The largest absolute Gasteiger partial charge is 0.383 e. The molecule has 7 heteroatoms. The third kappa shape index (κ3) is 3.32. The van der Waals surface area contributed by atoms with Crippen LogP contribution in [-0.4, -0.2) is 38.7 Å². The van der Waals surface area contributed by atoms with E-state index >= 15 is 0 Å². The van der Waals surface area contributed by atoms with Crippen LogP contribution in [0.3, 0.4) is 0 Å². The van der Waals surface area contributed by atoms with Crippen molar-refractivity contribution in [2.45, 2.75) is 32.7 Å². The Bertz CT molecular complexity index is 1030. The maximum absolute atomic E-state index is 6.20. The first-order valence-corrected chi connectivity index (χ1v) is 9.44. The molecule has 4 N–H and O–H groups in total. The van der Waals surface area contributed by atoms with E-state index in [9.17, 15) is 0 Å². The van der Waals surface area contributed by atoms with Crippen molar-refractivity contribution in [1.29, 1.82) is 0 Å². The lowest BCUT2D eigenvalue weighted by Crippen LogP contribution is -2.25. The standard InChI is InChI=1S/C20H25N7/c1-2-17-25-18-19(14-7-3-4-8-15(14)24-20(18)22)27(17)11-6-5-10-26-12-9-23-16(21)13-26/h3-4,7-9,13H,2,5-6,10-12,21H2,1H3,(H2,22,24). The number of nitrogens with two attached hydrogens (primary N) is 2. The highest BCUT2D eigenvalue weighted by atomic mass is 15.1. The number of hydrogen-bond donors (Lipinski definition) is 2. The van der Waals surface area contributed by atoms with Gasteiger partial charge in [0.15, 0.2) is 5.82 Å². The minimum atomic E-state index is 0.505. The SMILES string of the molecule is CCc1nc2c(N)nc3ccccc3c2n1CCCCN1C=C(N)N=CC1. The number of hydrogen-bond acceptors (Lipinski definition) is 6. The van der Waals surface area contributed by atoms with E-state index in [2.05, 4.69) is 32.4 Å². The zero-order chi connectivity index (χ0) is 18.8. The Balaban J connectivity index is 1.58. The first-order chi connectivity index (χ1) is 13.2. The topological polar surface area (TPSA) is 98.3 Å². The molecule has 0 radical (unpaired) electrons. The molecule has 0 spiro atoms. The summed E-state index contributed by atoms with van der Waals surface area (Å²) in [6, 6.07) is 8.13. The fourth-order valence-corrected chi connectivity index (χ4v) is 3.68. The van der Waals surface area contributed by atoms with Gasteiger partial charge in [0.05, 0.1) is 17.6 Å².